The molecule has 112 valence electrons. The molecule has 1 aliphatic heterocycles. The molecule has 0 saturated carbocycles. The number of hydrogen-bond acceptors (Lipinski definition) is 4. The molecule has 1 aromatic heterocycles. The van der Waals surface area contributed by atoms with E-state index < -0.39 is 0 Å². The van der Waals surface area contributed by atoms with E-state index in [4.69, 9.17) is 4.52 Å². The molecule has 1 saturated heterocycles. The standard InChI is InChI=1S/C16H20BrN3O/c1-3-7-16(8-4-9-18-16)15-19-14(20-21-15)13-6-5-12(17)10-11(13)2/h5-6,10,18H,3-4,7-9H2,1-2H3. The summed E-state index contributed by atoms with van der Waals surface area (Å²) in [6, 6.07) is 6.11. The smallest absolute Gasteiger partial charge is 0.247 e. The van der Waals surface area contributed by atoms with Crippen molar-refractivity contribution in [1.82, 2.24) is 15.5 Å². The van der Waals surface area contributed by atoms with Gasteiger partial charge in [0.2, 0.25) is 11.7 Å². The molecule has 1 aliphatic rings. The van der Waals surface area contributed by atoms with Crippen LogP contribution >= 0.6 is 15.9 Å². The number of benzene rings is 1. The number of aromatic nitrogens is 2. The average Bonchev–Trinajstić information content (AvgIpc) is 3.08. The predicted octanol–water partition coefficient (Wildman–Crippen LogP) is 4.19. The number of hydrogen-bond donors (Lipinski definition) is 1. The first-order chi connectivity index (χ1) is 10.1. The van der Waals surface area contributed by atoms with Crippen molar-refractivity contribution in [2.45, 2.75) is 45.1 Å². The number of nitrogens with one attached hydrogen (secondary N) is 1. The van der Waals surface area contributed by atoms with E-state index in [1.807, 2.05) is 12.1 Å². The molecular formula is C16H20BrN3O. The highest BCUT2D eigenvalue weighted by Gasteiger charge is 2.39. The summed E-state index contributed by atoms with van der Waals surface area (Å²) in [5.41, 5.74) is 2.04. The predicted molar refractivity (Wildman–Crippen MR) is 86.0 cm³/mol. The van der Waals surface area contributed by atoms with E-state index in [0.717, 1.165) is 53.7 Å². The van der Waals surface area contributed by atoms with Crippen LogP contribution in [0, 0.1) is 6.92 Å². The molecule has 2 heterocycles. The molecule has 1 N–H and O–H groups in total. The Hall–Kier alpha value is -1.20. The molecule has 21 heavy (non-hydrogen) atoms. The minimum atomic E-state index is -0.122. The summed E-state index contributed by atoms with van der Waals surface area (Å²) >= 11 is 3.48. The van der Waals surface area contributed by atoms with E-state index in [1.54, 1.807) is 0 Å². The summed E-state index contributed by atoms with van der Waals surface area (Å²) in [6.07, 6.45) is 4.37. The molecule has 0 radical (unpaired) electrons. The second-order valence-electron chi connectivity index (χ2n) is 5.74. The van der Waals surface area contributed by atoms with E-state index >= 15 is 0 Å². The molecule has 0 bridgehead atoms. The maximum absolute atomic E-state index is 5.61. The summed E-state index contributed by atoms with van der Waals surface area (Å²) in [4.78, 5) is 4.69. The van der Waals surface area contributed by atoms with Gasteiger partial charge in [-0.05, 0) is 56.5 Å². The summed E-state index contributed by atoms with van der Waals surface area (Å²) < 4.78 is 6.67. The zero-order valence-corrected chi connectivity index (χ0v) is 14.0. The van der Waals surface area contributed by atoms with Gasteiger partial charge in [-0.3, -0.25) is 0 Å². The first-order valence-electron chi connectivity index (χ1n) is 7.50. The molecule has 1 atom stereocenters. The fourth-order valence-electron chi connectivity index (χ4n) is 3.14. The Morgan fingerprint density at radius 3 is 2.95 bits per heavy atom. The van der Waals surface area contributed by atoms with Crippen LogP contribution in [0.2, 0.25) is 0 Å². The van der Waals surface area contributed by atoms with E-state index in [1.165, 1.54) is 0 Å². The van der Waals surface area contributed by atoms with Gasteiger partial charge in [-0.25, -0.2) is 0 Å². The largest absolute Gasteiger partial charge is 0.337 e. The maximum Gasteiger partial charge on any atom is 0.247 e. The normalized spacial score (nSPS) is 21.9. The summed E-state index contributed by atoms with van der Waals surface area (Å²) in [7, 11) is 0. The minimum Gasteiger partial charge on any atom is -0.337 e. The van der Waals surface area contributed by atoms with Crippen LogP contribution in [0.15, 0.2) is 27.2 Å². The lowest BCUT2D eigenvalue weighted by Gasteiger charge is -2.24. The van der Waals surface area contributed by atoms with Gasteiger partial charge < -0.3 is 9.84 Å². The Balaban J connectivity index is 1.95. The molecule has 3 rings (SSSR count). The summed E-state index contributed by atoms with van der Waals surface area (Å²) in [5.74, 6) is 1.42. The van der Waals surface area contributed by atoms with Crippen molar-refractivity contribution in [3.05, 3.63) is 34.1 Å². The molecule has 0 amide bonds. The first kappa shape index (κ1) is 14.7. The molecule has 5 heteroatoms. The SMILES string of the molecule is CCCC1(c2nc(-c3ccc(Br)cc3C)no2)CCCN1. The van der Waals surface area contributed by atoms with Crippen LogP contribution in [-0.2, 0) is 5.54 Å². The maximum atomic E-state index is 5.61. The van der Waals surface area contributed by atoms with Crippen molar-refractivity contribution < 1.29 is 4.52 Å². The van der Waals surface area contributed by atoms with E-state index in [-0.39, 0.29) is 5.54 Å². The molecule has 0 spiro atoms. The molecule has 2 aromatic rings. The fraction of sp³-hybridized carbons (Fsp3) is 0.500. The molecular weight excluding hydrogens is 330 g/mol. The third-order valence-electron chi connectivity index (χ3n) is 4.19. The topological polar surface area (TPSA) is 51.0 Å². The number of rotatable bonds is 4. The minimum absolute atomic E-state index is 0.122. The van der Waals surface area contributed by atoms with Gasteiger partial charge in [-0.2, -0.15) is 4.98 Å². The Morgan fingerprint density at radius 2 is 2.29 bits per heavy atom. The van der Waals surface area contributed by atoms with Crippen LogP contribution in [0.5, 0.6) is 0 Å². The third-order valence-corrected chi connectivity index (χ3v) is 4.68. The van der Waals surface area contributed by atoms with Crippen molar-refractivity contribution in [3.8, 4) is 11.4 Å². The molecule has 1 aromatic carbocycles. The zero-order chi connectivity index (χ0) is 14.9. The van der Waals surface area contributed by atoms with Gasteiger partial charge in [-0.15, -0.1) is 0 Å². The lowest BCUT2D eigenvalue weighted by Crippen LogP contribution is -2.36. The number of nitrogens with zero attached hydrogens (tertiary/aromatic N) is 2. The highest BCUT2D eigenvalue weighted by Crippen LogP contribution is 2.35. The molecule has 4 nitrogen and oxygen atoms in total. The van der Waals surface area contributed by atoms with Gasteiger partial charge in [0.25, 0.3) is 0 Å². The fourth-order valence-corrected chi connectivity index (χ4v) is 3.62. The quantitative estimate of drug-likeness (QED) is 0.899. The van der Waals surface area contributed by atoms with Crippen LogP contribution in [0.4, 0.5) is 0 Å². The zero-order valence-electron chi connectivity index (χ0n) is 12.4. The molecule has 0 aliphatic carbocycles. The molecule has 1 unspecified atom stereocenters. The van der Waals surface area contributed by atoms with Gasteiger partial charge >= 0.3 is 0 Å². The average molecular weight is 350 g/mol. The van der Waals surface area contributed by atoms with Gasteiger partial charge in [0.15, 0.2) is 0 Å². The van der Waals surface area contributed by atoms with Crippen LogP contribution in [0.3, 0.4) is 0 Å². The Labute approximate surface area is 133 Å². The van der Waals surface area contributed by atoms with E-state index in [9.17, 15) is 0 Å². The van der Waals surface area contributed by atoms with Gasteiger partial charge in [-0.1, -0.05) is 34.4 Å². The lowest BCUT2D eigenvalue weighted by atomic mass is 9.92. The molecule has 1 fully saturated rings. The summed E-state index contributed by atoms with van der Waals surface area (Å²) in [6.45, 7) is 5.28. The van der Waals surface area contributed by atoms with Gasteiger partial charge in [0, 0.05) is 10.0 Å². The second kappa shape index (κ2) is 5.89. The van der Waals surface area contributed by atoms with Crippen molar-refractivity contribution in [2.75, 3.05) is 6.54 Å². The first-order valence-corrected chi connectivity index (χ1v) is 8.30. The highest BCUT2D eigenvalue weighted by atomic mass is 79.9. The van der Waals surface area contributed by atoms with Gasteiger partial charge in [0.1, 0.15) is 0 Å². The third kappa shape index (κ3) is 2.77. The Kier molecular flexibility index (Phi) is 4.13. The number of aryl methyl sites for hydroxylation is 1. The highest BCUT2D eigenvalue weighted by molar-refractivity contribution is 9.10. The summed E-state index contributed by atoms with van der Waals surface area (Å²) in [5, 5.41) is 7.78. The Bertz CT molecular complexity index is 632. The van der Waals surface area contributed by atoms with Crippen LogP contribution < -0.4 is 5.32 Å². The van der Waals surface area contributed by atoms with E-state index in [0.29, 0.717) is 5.82 Å². The monoisotopic (exact) mass is 349 g/mol. The van der Waals surface area contributed by atoms with Gasteiger partial charge in [0.05, 0.1) is 5.54 Å². The van der Waals surface area contributed by atoms with Crippen molar-refractivity contribution in [3.63, 3.8) is 0 Å². The number of halogens is 1. The second-order valence-corrected chi connectivity index (χ2v) is 6.66. The van der Waals surface area contributed by atoms with E-state index in [2.05, 4.69) is 51.3 Å². The van der Waals surface area contributed by atoms with Crippen molar-refractivity contribution >= 4 is 15.9 Å². The van der Waals surface area contributed by atoms with Crippen LogP contribution in [-0.4, -0.2) is 16.7 Å². The van der Waals surface area contributed by atoms with Crippen LogP contribution in [0.1, 0.15) is 44.1 Å². The van der Waals surface area contributed by atoms with Crippen molar-refractivity contribution in [2.24, 2.45) is 0 Å². The van der Waals surface area contributed by atoms with Crippen LogP contribution in [0.25, 0.3) is 11.4 Å². The lowest BCUT2D eigenvalue weighted by molar-refractivity contribution is 0.241. The van der Waals surface area contributed by atoms with Crippen molar-refractivity contribution in [1.29, 1.82) is 0 Å². The Morgan fingerprint density at radius 1 is 1.43 bits per heavy atom.